The fraction of sp³-hybridized carbons (Fsp3) is 0.235. The van der Waals surface area contributed by atoms with Crippen molar-refractivity contribution in [1.82, 2.24) is 9.88 Å². The normalized spacial score (nSPS) is 10.3. The molecule has 0 fully saturated rings. The van der Waals surface area contributed by atoms with Crippen LogP contribution in [-0.4, -0.2) is 49.4 Å². The average molecular weight is 328 g/mol. The second-order valence-corrected chi connectivity index (χ2v) is 5.35. The Hall–Kier alpha value is -2.93. The second-order valence-electron chi connectivity index (χ2n) is 5.35. The first-order valence-corrected chi connectivity index (χ1v) is 7.35. The van der Waals surface area contributed by atoms with Crippen molar-refractivity contribution in [3.8, 4) is 5.88 Å². The van der Waals surface area contributed by atoms with Crippen LogP contribution in [0.3, 0.4) is 0 Å². The highest BCUT2D eigenvalue weighted by Crippen LogP contribution is 2.23. The maximum absolute atomic E-state index is 12.5. The van der Waals surface area contributed by atoms with Crippen LogP contribution < -0.4 is 15.4 Å². The highest BCUT2D eigenvalue weighted by Gasteiger charge is 2.15. The molecule has 0 saturated heterocycles. The Morgan fingerprint density at radius 1 is 1.08 bits per heavy atom. The van der Waals surface area contributed by atoms with E-state index in [1.165, 1.54) is 7.11 Å². The summed E-state index contributed by atoms with van der Waals surface area (Å²) in [6, 6.07) is 10.3. The number of nitrogens with zero attached hydrogens (tertiary/aromatic N) is 2. The van der Waals surface area contributed by atoms with Gasteiger partial charge in [0.2, 0.25) is 11.8 Å². The predicted octanol–water partition coefficient (Wildman–Crippen LogP) is 1.84. The molecule has 1 aromatic heterocycles. The number of pyridine rings is 1. The summed E-state index contributed by atoms with van der Waals surface area (Å²) in [5.74, 6) is -0.293. The molecule has 1 heterocycles. The fourth-order valence-corrected chi connectivity index (χ4v) is 2.09. The summed E-state index contributed by atoms with van der Waals surface area (Å²) in [7, 11) is 5.07. The van der Waals surface area contributed by atoms with Crippen LogP contribution in [0, 0.1) is 0 Å². The summed E-state index contributed by atoms with van der Waals surface area (Å²) in [4.78, 5) is 30.2. The minimum Gasteiger partial charge on any atom is -0.480 e. The number of likely N-dealkylation sites (N-methyl/N-ethyl adjacent to an activating group) is 1. The Bertz CT molecular complexity index is 731. The van der Waals surface area contributed by atoms with Crippen LogP contribution in [0.5, 0.6) is 5.88 Å². The minimum atomic E-state index is -0.366. The molecule has 7 heteroatoms. The lowest BCUT2D eigenvalue weighted by atomic mass is 10.2. The molecule has 0 aliphatic rings. The van der Waals surface area contributed by atoms with Gasteiger partial charge in [-0.05, 0) is 38.4 Å². The van der Waals surface area contributed by atoms with Crippen LogP contribution in [0.25, 0.3) is 0 Å². The van der Waals surface area contributed by atoms with Gasteiger partial charge in [-0.1, -0.05) is 12.1 Å². The van der Waals surface area contributed by atoms with Crippen molar-refractivity contribution >= 4 is 23.2 Å². The maximum atomic E-state index is 12.5. The van der Waals surface area contributed by atoms with Crippen LogP contribution >= 0.6 is 0 Å². The molecular weight excluding hydrogens is 308 g/mol. The molecule has 24 heavy (non-hydrogen) atoms. The lowest BCUT2D eigenvalue weighted by molar-refractivity contribution is -0.116. The van der Waals surface area contributed by atoms with Crippen molar-refractivity contribution < 1.29 is 14.3 Å². The van der Waals surface area contributed by atoms with Crippen molar-refractivity contribution in [2.24, 2.45) is 0 Å². The van der Waals surface area contributed by atoms with Gasteiger partial charge in [-0.15, -0.1) is 0 Å². The van der Waals surface area contributed by atoms with E-state index in [9.17, 15) is 9.59 Å². The van der Waals surface area contributed by atoms with E-state index in [0.29, 0.717) is 16.9 Å². The molecule has 0 aliphatic carbocycles. The van der Waals surface area contributed by atoms with E-state index in [1.54, 1.807) is 47.5 Å². The summed E-state index contributed by atoms with van der Waals surface area (Å²) < 4.78 is 5.10. The van der Waals surface area contributed by atoms with Crippen molar-refractivity contribution in [1.29, 1.82) is 0 Å². The van der Waals surface area contributed by atoms with E-state index in [-0.39, 0.29) is 24.2 Å². The molecule has 0 bridgehead atoms. The van der Waals surface area contributed by atoms with Crippen LogP contribution in [0.2, 0.25) is 0 Å². The van der Waals surface area contributed by atoms with Crippen LogP contribution in [0.15, 0.2) is 42.6 Å². The SMILES string of the molecule is COc1ncccc1C(=O)Nc1ccccc1NC(=O)CN(C)C. The zero-order valence-corrected chi connectivity index (χ0v) is 13.9. The number of amides is 2. The van der Waals surface area contributed by atoms with Gasteiger partial charge in [-0.2, -0.15) is 0 Å². The molecule has 2 rings (SSSR count). The van der Waals surface area contributed by atoms with E-state index < -0.39 is 0 Å². The highest BCUT2D eigenvalue weighted by molar-refractivity contribution is 6.08. The summed E-state index contributed by atoms with van der Waals surface area (Å²) in [5, 5.41) is 5.56. The number of carbonyl (C=O) groups is 2. The Kier molecular flexibility index (Phi) is 5.86. The number of benzene rings is 1. The number of hydrogen-bond acceptors (Lipinski definition) is 5. The summed E-state index contributed by atoms with van der Waals surface area (Å²) in [6.07, 6.45) is 1.55. The van der Waals surface area contributed by atoms with Crippen molar-refractivity contribution in [2.75, 3.05) is 38.4 Å². The van der Waals surface area contributed by atoms with Crippen molar-refractivity contribution in [3.05, 3.63) is 48.2 Å². The van der Waals surface area contributed by atoms with Gasteiger partial charge in [0.15, 0.2) is 0 Å². The van der Waals surface area contributed by atoms with Gasteiger partial charge in [-0.25, -0.2) is 4.98 Å². The molecule has 7 nitrogen and oxygen atoms in total. The molecule has 0 radical (unpaired) electrons. The molecule has 1 aromatic carbocycles. The second kappa shape index (κ2) is 8.07. The van der Waals surface area contributed by atoms with Gasteiger partial charge in [0.25, 0.3) is 5.91 Å². The molecule has 2 aromatic rings. The van der Waals surface area contributed by atoms with Gasteiger partial charge in [0.05, 0.1) is 25.0 Å². The monoisotopic (exact) mass is 328 g/mol. The molecule has 2 N–H and O–H groups in total. The first-order chi connectivity index (χ1) is 11.5. The van der Waals surface area contributed by atoms with E-state index in [2.05, 4.69) is 15.6 Å². The minimum absolute atomic E-state index is 0.166. The average Bonchev–Trinajstić information content (AvgIpc) is 2.55. The fourth-order valence-electron chi connectivity index (χ4n) is 2.09. The first kappa shape index (κ1) is 17.4. The third-order valence-electron chi connectivity index (χ3n) is 3.12. The largest absolute Gasteiger partial charge is 0.480 e. The number of nitrogens with one attached hydrogen (secondary N) is 2. The maximum Gasteiger partial charge on any atom is 0.261 e. The van der Waals surface area contributed by atoms with Gasteiger partial charge in [0, 0.05) is 6.20 Å². The predicted molar refractivity (Wildman–Crippen MR) is 92.4 cm³/mol. The van der Waals surface area contributed by atoms with Crippen molar-refractivity contribution in [3.63, 3.8) is 0 Å². The van der Waals surface area contributed by atoms with E-state index >= 15 is 0 Å². The zero-order valence-electron chi connectivity index (χ0n) is 13.9. The summed E-state index contributed by atoms with van der Waals surface area (Å²) in [6.45, 7) is 0.249. The van der Waals surface area contributed by atoms with Crippen LogP contribution in [0.4, 0.5) is 11.4 Å². The standard InChI is InChI=1S/C17H20N4O3/c1-21(2)11-15(22)19-13-8-4-5-9-14(13)20-16(23)12-7-6-10-18-17(12)24-3/h4-10H,11H2,1-3H3,(H,19,22)(H,20,23). The molecule has 0 spiro atoms. The third-order valence-corrected chi connectivity index (χ3v) is 3.12. The molecule has 0 aliphatic heterocycles. The van der Waals surface area contributed by atoms with Crippen LogP contribution in [-0.2, 0) is 4.79 Å². The highest BCUT2D eigenvalue weighted by atomic mass is 16.5. The number of aromatic nitrogens is 1. The van der Waals surface area contributed by atoms with Gasteiger partial charge < -0.3 is 20.3 Å². The number of hydrogen-bond donors (Lipinski definition) is 2. The molecule has 0 saturated carbocycles. The van der Waals surface area contributed by atoms with Crippen LogP contribution in [0.1, 0.15) is 10.4 Å². The molecule has 2 amide bonds. The Balaban J connectivity index is 2.18. The summed E-state index contributed by atoms with van der Waals surface area (Å²) >= 11 is 0. The molecule has 0 unspecified atom stereocenters. The number of methoxy groups -OCH3 is 1. The van der Waals surface area contributed by atoms with Gasteiger partial charge in [-0.3, -0.25) is 9.59 Å². The lowest BCUT2D eigenvalue weighted by Gasteiger charge is -2.14. The summed E-state index contributed by atoms with van der Waals surface area (Å²) in [5.41, 5.74) is 1.34. The number of para-hydroxylation sites is 2. The number of ether oxygens (including phenoxy) is 1. The lowest BCUT2D eigenvalue weighted by Crippen LogP contribution is -2.27. The number of anilines is 2. The van der Waals surface area contributed by atoms with E-state index in [0.717, 1.165) is 0 Å². The topological polar surface area (TPSA) is 83.6 Å². The third kappa shape index (κ3) is 4.53. The van der Waals surface area contributed by atoms with Gasteiger partial charge >= 0.3 is 0 Å². The Labute approximate surface area is 140 Å². The smallest absolute Gasteiger partial charge is 0.261 e. The number of carbonyl (C=O) groups excluding carboxylic acids is 2. The van der Waals surface area contributed by atoms with E-state index in [4.69, 9.17) is 4.74 Å². The quantitative estimate of drug-likeness (QED) is 0.845. The Morgan fingerprint density at radius 3 is 2.38 bits per heavy atom. The van der Waals surface area contributed by atoms with Gasteiger partial charge in [0.1, 0.15) is 5.56 Å². The first-order valence-electron chi connectivity index (χ1n) is 7.35. The number of rotatable bonds is 6. The van der Waals surface area contributed by atoms with Crippen molar-refractivity contribution in [2.45, 2.75) is 0 Å². The zero-order chi connectivity index (χ0) is 17.5. The molecule has 0 atom stereocenters. The van der Waals surface area contributed by atoms with E-state index in [1.807, 2.05) is 14.1 Å². The molecule has 126 valence electrons. The Morgan fingerprint density at radius 2 is 1.75 bits per heavy atom. The molecular formula is C17H20N4O3.